The predicted molar refractivity (Wildman–Crippen MR) is 119 cm³/mol. The lowest BCUT2D eigenvalue weighted by Gasteiger charge is -2.10. The summed E-state index contributed by atoms with van der Waals surface area (Å²) in [5.74, 6) is 1.69. The van der Waals surface area contributed by atoms with Gasteiger partial charge in [0.2, 0.25) is 5.91 Å². The Kier molecular flexibility index (Phi) is 6.97. The highest BCUT2D eigenvalue weighted by molar-refractivity contribution is 9.10. The Balaban J connectivity index is 1.55. The van der Waals surface area contributed by atoms with Gasteiger partial charge in [0, 0.05) is 17.2 Å². The van der Waals surface area contributed by atoms with Gasteiger partial charge in [0.1, 0.15) is 12.4 Å². The second kappa shape index (κ2) is 9.45. The number of nitrogens with zero attached hydrogens (tertiary/aromatic N) is 3. The summed E-state index contributed by atoms with van der Waals surface area (Å²) in [6.45, 7) is 6.37. The van der Waals surface area contributed by atoms with E-state index in [9.17, 15) is 4.79 Å². The summed E-state index contributed by atoms with van der Waals surface area (Å²) in [6.07, 6.45) is 0. The zero-order valence-electron chi connectivity index (χ0n) is 16.8. The first kappa shape index (κ1) is 21.4. The molecule has 0 radical (unpaired) electrons. The minimum Gasteiger partial charge on any atom is -0.485 e. The van der Waals surface area contributed by atoms with Crippen molar-refractivity contribution in [1.29, 1.82) is 0 Å². The number of ether oxygens (including phenoxy) is 1. The molecule has 1 heterocycles. The van der Waals surface area contributed by atoms with Crippen LogP contribution in [0.2, 0.25) is 0 Å². The Hall–Kier alpha value is -2.32. The fourth-order valence-electron chi connectivity index (χ4n) is 2.75. The molecular weight excluding hydrogens is 452 g/mol. The van der Waals surface area contributed by atoms with Crippen molar-refractivity contribution in [2.45, 2.75) is 32.5 Å². The van der Waals surface area contributed by atoms with Gasteiger partial charge >= 0.3 is 0 Å². The average molecular weight is 475 g/mol. The fourth-order valence-corrected chi connectivity index (χ4v) is 3.73. The predicted octanol–water partition coefficient (Wildman–Crippen LogP) is 4.81. The van der Waals surface area contributed by atoms with Gasteiger partial charge in [-0.25, -0.2) is 0 Å². The van der Waals surface area contributed by atoms with Crippen molar-refractivity contribution in [3.8, 4) is 5.75 Å². The molecule has 0 aliphatic carbocycles. The molecular formula is C21H23BrN4O2S. The van der Waals surface area contributed by atoms with Crippen LogP contribution in [0.15, 0.2) is 46.0 Å². The van der Waals surface area contributed by atoms with Gasteiger partial charge in [-0.05, 0) is 56.2 Å². The van der Waals surface area contributed by atoms with E-state index >= 15 is 0 Å². The molecule has 1 N–H and O–H groups in total. The van der Waals surface area contributed by atoms with Crippen LogP contribution >= 0.6 is 27.7 Å². The summed E-state index contributed by atoms with van der Waals surface area (Å²) >= 11 is 4.80. The molecule has 0 spiro atoms. The molecule has 0 bridgehead atoms. The quantitative estimate of drug-likeness (QED) is 0.497. The van der Waals surface area contributed by atoms with E-state index in [-0.39, 0.29) is 11.7 Å². The maximum Gasteiger partial charge on any atom is 0.234 e. The Morgan fingerprint density at radius 1 is 1.14 bits per heavy atom. The molecule has 8 heteroatoms. The van der Waals surface area contributed by atoms with Gasteiger partial charge in [-0.3, -0.25) is 4.79 Å². The number of hydrogen-bond acceptors (Lipinski definition) is 5. The molecule has 3 aromatic rings. The van der Waals surface area contributed by atoms with Crippen molar-refractivity contribution < 1.29 is 9.53 Å². The number of carbonyl (C=O) groups excluding carboxylic acids is 1. The largest absolute Gasteiger partial charge is 0.485 e. The third-order valence-corrected chi connectivity index (χ3v) is 6.30. The molecule has 0 fully saturated rings. The number of amides is 1. The minimum absolute atomic E-state index is 0.0900. The molecule has 0 aliphatic rings. The molecule has 1 aromatic heterocycles. The second-order valence-corrected chi connectivity index (χ2v) is 8.61. The monoisotopic (exact) mass is 474 g/mol. The van der Waals surface area contributed by atoms with E-state index in [0.717, 1.165) is 27.0 Å². The molecule has 2 aromatic carbocycles. The molecule has 0 unspecified atom stereocenters. The standard InChI is InChI=1S/C21H23BrN4O2S/c1-13-5-8-18(15(3)9-13)28-11-19-24-25-21(26(19)4)29-12-20(27)23-16-6-7-17(22)14(2)10-16/h5-10H,11-12H2,1-4H3,(H,23,27). The lowest BCUT2D eigenvalue weighted by molar-refractivity contribution is -0.113. The number of carbonyl (C=O) groups is 1. The van der Waals surface area contributed by atoms with Gasteiger partial charge in [-0.2, -0.15) is 0 Å². The van der Waals surface area contributed by atoms with Gasteiger partial charge in [0.05, 0.1) is 5.75 Å². The molecule has 0 saturated carbocycles. The summed E-state index contributed by atoms with van der Waals surface area (Å²) in [4.78, 5) is 12.2. The van der Waals surface area contributed by atoms with Crippen LogP contribution in [0, 0.1) is 20.8 Å². The number of thioether (sulfide) groups is 1. The minimum atomic E-state index is -0.0900. The van der Waals surface area contributed by atoms with Crippen LogP contribution in [0.1, 0.15) is 22.5 Å². The zero-order valence-corrected chi connectivity index (χ0v) is 19.2. The Morgan fingerprint density at radius 2 is 1.93 bits per heavy atom. The molecule has 0 saturated heterocycles. The third-order valence-electron chi connectivity index (χ3n) is 4.39. The summed E-state index contributed by atoms with van der Waals surface area (Å²) in [6, 6.07) is 11.8. The van der Waals surface area contributed by atoms with E-state index < -0.39 is 0 Å². The molecule has 29 heavy (non-hydrogen) atoms. The number of rotatable bonds is 7. The summed E-state index contributed by atoms with van der Waals surface area (Å²) in [5.41, 5.74) is 4.12. The van der Waals surface area contributed by atoms with Crippen LogP contribution in [-0.2, 0) is 18.4 Å². The third kappa shape index (κ3) is 5.61. The normalized spacial score (nSPS) is 10.8. The lowest BCUT2D eigenvalue weighted by atomic mass is 10.1. The molecule has 1 amide bonds. The highest BCUT2D eigenvalue weighted by Gasteiger charge is 2.13. The number of anilines is 1. The van der Waals surface area contributed by atoms with Gasteiger partial charge < -0.3 is 14.6 Å². The van der Waals surface area contributed by atoms with Gasteiger partial charge in [0.15, 0.2) is 11.0 Å². The van der Waals surface area contributed by atoms with E-state index in [2.05, 4.69) is 44.4 Å². The molecule has 152 valence electrons. The number of nitrogens with one attached hydrogen (secondary N) is 1. The van der Waals surface area contributed by atoms with E-state index in [1.54, 1.807) is 0 Å². The van der Waals surface area contributed by atoms with Crippen molar-refractivity contribution in [1.82, 2.24) is 14.8 Å². The van der Waals surface area contributed by atoms with E-state index in [1.165, 1.54) is 17.3 Å². The zero-order chi connectivity index (χ0) is 21.0. The molecule has 0 aliphatic heterocycles. The van der Waals surface area contributed by atoms with Gasteiger partial charge in [-0.1, -0.05) is 45.4 Å². The first-order valence-corrected chi connectivity index (χ1v) is 10.9. The molecule has 0 atom stereocenters. The number of halogens is 1. The Morgan fingerprint density at radius 3 is 2.66 bits per heavy atom. The Labute approximate surface area is 183 Å². The number of aromatic nitrogens is 3. The topological polar surface area (TPSA) is 69.0 Å². The van der Waals surface area contributed by atoms with Crippen LogP contribution in [-0.4, -0.2) is 26.4 Å². The molecule has 3 rings (SSSR count). The lowest BCUT2D eigenvalue weighted by Crippen LogP contribution is -2.14. The first-order chi connectivity index (χ1) is 13.8. The number of benzene rings is 2. The van der Waals surface area contributed by atoms with Crippen molar-refractivity contribution in [2.75, 3.05) is 11.1 Å². The van der Waals surface area contributed by atoms with Gasteiger partial charge in [-0.15, -0.1) is 10.2 Å². The summed E-state index contributed by atoms with van der Waals surface area (Å²) in [7, 11) is 1.87. The van der Waals surface area contributed by atoms with Gasteiger partial charge in [0.25, 0.3) is 0 Å². The maximum absolute atomic E-state index is 12.2. The van der Waals surface area contributed by atoms with Crippen LogP contribution in [0.5, 0.6) is 5.75 Å². The number of hydrogen-bond donors (Lipinski definition) is 1. The van der Waals surface area contributed by atoms with Crippen molar-refractivity contribution in [2.24, 2.45) is 7.05 Å². The van der Waals surface area contributed by atoms with Crippen molar-refractivity contribution >= 4 is 39.3 Å². The van der Waals surface area contributed by atoms with E-state index in [1.807, 2.05) is 55.8 Å². The van der Waals surface area contributed by atoms with E-state index in [0.29, 0.717) is 17.6 Å². The van der Waals surface area contributed by atoms with Crippen LogP contribution < -0.4 is 10.1 Å². The SMILES string of the molecule is Cc1ccc(OCc2nnc(SCC(=O)Nc3ccc(Br)c(C)c3)n2C)c(C)c1. The summed E-state index contributed by atoms with van der Waals surface area (Å²) < 4.78 is 8.75. The Bertz CT molecular complexity index is 1040. The highest BCUT2D eigenvalue weighted by atomic mass is 79.9. The first-order valence-electron chi connectivity index (χ1n) is 9.10. The second-order valence-electron chi connectivity index (χ2n) is 6.82. The van der Waals surface area contributed by atoms with Crippen LogP contribution in [0.25, 0.3) is 0 Å². The number of aryl methyl sites for hydroxylation is 3. The highest BCUT2D eigenvalue weighted by Crippen LogP contribution is 2.22. The van der Waals surface area contributed by atoms with Crippen molar-refractivity contribution in [3.63, 3.8) is 0 Å². The van der Waals surface area contributed by atoms with Crippen LogP contribution in [0.3, 0.4) is 0 Å². The fraction of sp³-hybridized carbons (Fsp3) is 0.286. The van der Waals surface area contributed by atoms with Crippen LogP contribution in [0.4, 0.5) is 5.69 Å². The molecule has 6 nitrogen and oxygen atoms in total. The maximum atomic E-state index is 12.2. The average Bonchev–Trinajstić information content (AvgIpc) is 3.02. The smallest absolute Gasteiger partial charge is 0.234 e. The van der Waals surface area contributed by atoms with Crippen molar-refractivity contribution in [3.05, 3.63) is 63.4 Å². The van der Waals surface area contributed by atoms with E-state index in [4.69, 9.17) is 4.74 Å². The summed E-state index contributed by atoms with van der Waals surface area (Å²) in [5, 5.41) is 11.9.